The van der Waals surface area contributed by atoms with Crippen molar-refractivity contribution in [2.75, 3.05) is 17.3 Å². The molecule has 0 spiro atoms. The minimum Gasteiger partial charge on any atom is -0.365 e. The molecule has 3 nitrogen and oxygen atoms in total. The van der Waals surface area contributed by atoms with Crippen LogP contribution in [0.2, 0.25) is 0 Å². The topological polar surface area (TPSA) is 28.2 Å². The number of hydrogen-bond donors (Lipinski definition) is 1. The third-order valence-electron chi connectivity index (χ3n) is 3.51. The third-order valence-corrected chi connectivity index (χ3v) is 3.51. The van der Waals surface area contributed by atoms with E-state index in [0.717, 1.165) is 17.6 Å². The van der Waals surface area contributed by atoms with E-state index in [0.29, 0.717) is 6.04 Å². The highest BCUT2D eigenvalue weighted by atomic mass is 15.2. The fourth-order valence-corrected chi connectivity index (χ4v) is 2.18. The lowest BCUT2D eigenvalue weighted by atomic mass is 10.1. The van der Waals surface area contributed by atoms with E-state index in [1.54, 1.807) is 0 Å². The molecular weight excluding hydrogens is 222 g/mol. The van der Waals surface area contributed by atoms with Gasteiger partial charge in [-0.15, -0.1) is 0 Å². The molecule has 1 fully saturated rings. The van der Waals surface area contributed by atoms with Crippen LogP contribution in [0.1, 0.15) is 40.5 Å². The minimum absolute atomic E-state index is 0.0479. The number of hydrogen-bond acceptors (Lipinski definition) is 3. The average molecular weight is 247 g/mol. The van der Waals surface area contributed by atoms with Gasteiger partial charge in [0.25, 0.3) is 0 Å². The zero-order valence-corrected chi connectivity index (χ0v) is 12.2. The molecule has 1 aliphatic rings. The Labute approximate surface area is 111 Å². The first kappa shape index (κ1) is 13.2. The van der Waals surface area contributed by atoms with Crippen LogP contribution in [0.4, 0.5) is 11.6 Å². The molecule has 0 aromatic carbocycles. The zero-order valence-electron chi connectivity index (χ0n) is 12.2. The van der Waals surface area contributed by atoms with Crippen molar-refractivity contribution in [2.24, 2.45) is 5.92 Å². The minimum atomic E-state index is 0.0479. The SMILES string of the molecule is CC(C1CC1)N(C)c1cccc(NC(C)(C)C)n1. The zero-order chi connectivity index (χ0) is 13.3. The van der Waals surface area contributed by atoms with Crippen LogP contribution in [0, 0.1) is 5.92 Å². The molecule has 100 valence electrons. The highest BCUT2D eigenvalue weighted by Crippen LogP contribution is 2.36. The quantitative estimate of drug-likeness (QED) is 0.882. The second-order valence-corrected chi connectivity index (χ2v) is 6.44. The van der Waals surface area contributed by atoms with E-state index in [4.69, 9.17) is 4.98 Å². The fourth-order valence-electron chi connectivity index (χ4n) is 2.18. The van der Waals surface area contributed by atoms with Gasteiger partial charge in [-0.05, 0) is 58.6 Å². The van der Waals surface area contributed by atoms with Crippen molar-refractivity contribution in [3.63, 3.8) is 0 Å². The van der Waals surface area contributed by atoms with E-state index in [-0.39, 0.29) is 5.54 Å². The molecule has 0 bridgehead atoms. The highest BCUT2D eigenvalue weighted by molar-refractivity contribution is 5.48. The standard InChI is InChI=1S/C15H25N3/c1-11(12-9-10-12)18(5)14-8-6-7-13(16-14)17-15(2,3)4/h6-8,11-12H,9-10H2,1-5H3,(H,16,17). The molecule has 1 unspecified atom stereocenters. The third kappa shape index (κ3) is 3.37. The van der Waals surface area contributed by atoms with Crippen molar-refractivity contribution < 1.29 is 0 Å². The van der Waals surface area contributed by atoms with E-state index in [1.165, 1.54) is 12.8 Å². The lowest BCUT2D eigenvalue weighted by Gasteiger charge is -2.27. The van der Waals surface area contributed by atoms with Crippen LogP contribution in [0.5, 0.6) is 0 Å². The Morgan fingerprint density at radius 3 is 2.56 bits per heavy atom. The summed E-state index contributed by atoms with van der Waals surface area (Å²) in [5, 5.41) is 3.42. The number of rotatable bonds is 4. The summed E-state index contributed by atoms with van der Waals surface area (Å²) in [6.07, 6.45) is 2.73. The molecule has 1 atom stereocenters. The molecule has 1 N–H and O–H groups in total. The smallest absolute Gasteiger partial charge is 0.130 e. The predicted molar refractivity (Wildman–Crippen MR) is 78.2 cm³/mol. The number of nitrogens with one attached hydrogen (secondary N) is 1. The van der Waals surface area contributed by atoms with Gasteiger partial charge in [-0.25, -0.2) is 4.98 Å². The van der Waals surface area contributed by atoms with Crippen LogP contribution < -0.4 is 10.2 Å². The van der Waals surface area contributed by atoms with Crippen molar-refractivity contribution in [2.45, 2.75) is 52.1 Å². The second-order valence-electron chi connectivity index (χ2n) is 6.44. The van der Waals surface area contributed by atoms with Crippen LogP contribution >= 0.6 is 0 Å². The van der Waals surface area contributed by atoms with Gasteiger partial charge in [-0.1, -0.05) is 6.07 Å². The average Bonchev–Trinajstić information content (AvgIpc) is 3.09. The Kier molecular flexibility index (Phi) is 3.51. The van der Waals surface area contributed by atoms with Crippen molar-refractivity contribution >= 4 is 11.6 Å². The second kappa shape index (κ2) is 4.79. The van der Waals surface area contributed by atoms with E-state index in [1.807, 2.05) is 6.07 Å². The molecule has 1 saturated carbocycles. The maximum absolute atomic E-state index is 4.70. The maximum Gasteiger partial charge on any atom is 0.130 e. The largest absolute Gasteiger partial charge is 0.365 e. The Morgan fingerprint density at radius 2 is 2.00 bits per heavy atom. The first-order chi connectivity index (χ1) is 8.37. The van der Waals surface area contributed by atoms with Crippen LogP contribution in [0.15, 0.2) is 18.2 Å². The molecule has 2 rings (SSSR count). The van der Waals surface area contributed by atoms with Gasteiger partial charge in [0.05, 0.1) is 0 Å². The summed E-state index contributed by atoms with van der Waals surface area (Å²) >= 11 is 0. The van der Waals surface area contributed by atoms with Gasteiger partial charge in [-0.3, -0.25) is 0 Å². The van der Waals surface area contributed by atoms with E-state index < -0.39 is 0 Å². The first-order valence-electron chi connectivity index (χ1n) is 6.85. The Balaban J connectivity index is 2.10. The van der Waals surface area contributed by atoms with Gasteiger partial charge >= 0.3 is 0 Å². The van der Waals surface area contributed by atoms with Gasteiger partial charge in [0.15, 0.2) is 0 Å². The molecule has 0 saturated heterocycles. The lowest BCUT2D eigenvalue weighted by Crippen LogP contribution is -2.32. The van der Waals surface area contributed by atoms with Gasteiger partial charge in [0.1, 0.15) is 11.6 Å². The summed E-state index contributed by atoms with van der Waals surface area (Å²) in [6.45, 7) is 8.75. The Morgan fingerprint density at radius 1 is 1.33 bits per heavy atom. The highest BCUT2D eigenvalue weighted by Gasteiger charge is 2.31. The molecule has 0 aliphatic heterocycles. The van der Waals surface area contributed by atoms with Crippen LogP contribution in [-0.2, 0) is 0 Å². The number of anilines is 2. The van der Waals surface area contributed by atoms with Crippen molar-refractivity contribution in [1.29, 1.82) is 0 Å². The molecule has 1 aromatic rings. The Hall–Kier alpha value is -1.25. The number of pyridine rings is 1. The molecule has 1 heterocycles. The summed E-state index contributed by atoms with van der Waals surface area (Å²) in [5.41, 5.74) is 0.0479. The maximum atomic E-state index is 4.70. The first-order valence-corrected chi connectivity index (χ1v) is 6.85. The lowest BCUT2D eigenvalue weighted by molar-refractivity contribution is 0.602. The van der Waals surface area contributed by atoms with Crippen molar-refractivity contribution in [3.05, 3.63) is 18.2 Å². The van der Waals surface area contributed by atoms with Crippen LogP contribution in [0.25, 0.3) is 0 Å². The molecule has 0 radical (unpaired) electrons. The molecule has 3 heteroatoms. The summed E-state index contributed by atoms with van der Waals surface area (Å²) in [6, 6.07) is 6.78. The summed E-state index contributed by atoms with van der Waals surface area (Å²) < 4.78 is 0. The molecule has 1 aromatic heterocycles. The van der Waals surface area contributed by atoms with E-state index in [9.17, 15) is 0 Å². The van der Waals surface area contributed by atoms with E-state index >= 15 is 0 Å². The summed E-state index contributed by atoms with van der Waals surface area (Å²) in [4.78, 5) is 7.00. The molecular formula is C15H25N3. The fraction of sp³-hybridized carbons (Fsp3) is 0.667. The normalized spacial score (nSPS) is 17.4. The molecule has 0 amide bonds. The van der Waals surface area contributed by atoms with Crippen LogP contribution in [-0.4, -0.2) is 23.6 Å². The number of aromatic nitrogens is 1. The van der Waals surface area contributed by atoms with Gasteiger partial charge in [0.2, 0.25) is 0 Å². The Bertz CT molecular complexity index is 404. The van der Waals surface area contributed by atoms with Gasteiger partial charge < -0.3 is 10.2 Å². The van der Waals surface area contributed by atoms with Crippen molar-refractivity contribution in [1.82, 2.24) is 4.98 Å². The van der Waals surface area contributed by atoms with Crippen molar-refractivity contribution in [3.8, 4) is 0 Å². The van der Waals surface area contributed by atoms with Gasteiger partial charge in [0, 0.05) is 18.6 Å². The monoisotopic (exact) mass is 247 g/mol. The summed E-state index contributed by atoms with van der Waals surface area (Å²) in [7, 11) is 2.15. The van der Waals surface area contributed by atoms with Gasteiger partial charge in [-0.2, -0.15) is 0 Å². The van der Waals surface area contributed by atoms with E-state index in [2.05, 4.69) is 57.1 Å². The number of nitrogens with zero attached hydrogens (tertiary/aromatic N) is 2. The molecule has 18 heavy (non-hydrogen) atoms. The molecule has 1 aliphatic carbocycles. The summed E-state index contributed by atoms with van der Waals surface area (Å²) in [5.74, 6) is 2.87. The van der Waals surface area contributed by atoms with Crippen LogP contribution in [0.3, 0.4) is 0 Å². The predicted octanol–water partition coefficient (Wildman–Crippen LogP) is 3.53.